The second-order valence-corrected chi connectivity index (χ2v) is 6.38. The molecule has 0 aliphatic rings. The van der Waals surface area contributed by atoms with Crippen molar-refractivity contribution in [2.75, 3.05) is 6.61 Å². The van der Waals surface area contributed by atoms with Crippen molar-refractivity contribution in [2.45, 2.75) is 24.0 Å². The van der Waals surface area contributed by atoms with E-state index in [1.54, 1.807) is 38.1 Å². The molecule has 0 spiro atoms. The van der Waals surface area contributed by atoms with Crippen LogP contribution in [0.25, 0.3) is 5.57 Å². The third-order valence-electron chi connectivity index (χ3n) is 2.40. The number of aliphatic hydroxyl groups is 1. The highest BCUT2D eigenvalue weighted by Gasteiger charge is 2.18. The minimum Gasteiger partial charge on any atom is -0.392 e. The Morgan fingerprint density at radius 2 is 1.81 bits per heavy atom. The molecule has 0 aliphatic carbocycles. The van der Waals surface area contributed by atoms with E-state index < -0.39 is 15.1 Å². The molecule has 0 amide bonds. The topological polar surface area (TPSA) is 54.4 Å². The van der Waals surface area contributed by atoms with Crippen molar-refractivity contribution >= 4 is 15.4 Å². The van der Waals surface area contributed by atoms with Crippen LogP contribution in [0.1, 0.15) is 19.4 Å². The summed E-state index contributed by atoms with van der Waals surface area (Å²) >= 11 is 0. The second kappa shape index (κ2) is 4.80. The molecule has 3 nitrogen and oxygen atoms in total. The van der Waals surface area contributed by atoms with Crippen LogP contribution in [0.4, 0.5) is 0 Å². The minimum atomic E-state index is -3.22. The summed E-state index contributed by atoms with van der Waals surface area (Å²) in [5.41, 5.74) is 1.33. The van der Waals surface area contributed by atoms with Gasteiger partial charge in [-0.2, -0.15) is 0 Å². The van der Waals surface area contributed by atoms with Gasteiger partial charge in [0.1, 0.15) is 0 Å². The maximum atomic E-state index is 11.8. The lowest BCUT2D eigenvalue weighted by molar-refractivity contribution is 0.350. The molecule has 16 heavy (non-hydrogen) atoms. The number of sulfone groups is 1. The highest BCUT2D eigenvalue weighted by Crippen LogP contribution is 2.19. The number of benzene rings is 1. The van der Waals surface area contributed by atoms with Gasteiger partial charge < -0.3 is 5.11 Å². The summed E-state index contributed by atoms with van der Waals surface area (Å²) in [5.74, 6) is 0. The van der Waals surface area contributed by atoms with Crippen LogP contribution in [0, 0.1) is 0 Å². The Kier molecular flexibility index (Phi) is 3.88. The van der Waals surface area contributed by atoms with E-state index in [1.165, 1.54) is 0 Å². The smallest absolute Gasteiger partial charge is 0.180 e. The third-order valence-corrected chi connectivity index (χ3v) is 4.57. The molecular formula is C12H16O3S. The molecule has 0 unspecified atom stereocenters. The first kappa shape index (κ1) is 12.9. The predicted molar refractivity (Wildman–Crippen MR) is 64.9 cm³/mol. The van der Waals surface area contributed by atoms with Gasteiger partial charge in [0.25, 0.3) is 0 Å². The van der Waals surface area contributed by atoms with Gasteiger partial charge in [-0.15, -0.1) is 0 Å². The van der Waals surface area contributed by atoms with E-state index in [9.17, 15) is 8.42 Å². The Labute approximate surface area is 96.4 Å². The maximum Gasteiger partial charge on any atom is 0.180 e. The molecule has 0 saturated heterocycles. The van der Waals surface area contributed by atoms with Crippen LogP contribution in [0.2, 0.25) is 0 Å². The Morgan fingerprint density at radius 1 is 1.31 bits per heavy atom. The van der Waals surface area contributed by atoms with Crippen LogP contribution in [0.3, 0.4) is 0 Å². The summed E-state index contributed by atoms with van der Waals surface area (Å²) in [6, 6.07) is 6.42. The summed E-state index contributed by atoms with van der Waals surface area (Å²) in [7, 11) is -3.22. The molecule has 0 aliphatic heterocycles. The van der Waals surface area contributed by atoms with Crippen molar-refractivity contribution in [1.82, 2.24) is 0 Å². The van der Waals surface area contributed by atoms with Gasteiger partial charge in [-0.05, 0) is 37.1 Å². The van der Waals surface area contributed by atoms with Crippen molar-refractivity contribution in [2.24, 2.45) is 0 Å². The zero-order valence-electron chi connectivity index (χ0n) is 9.47. The van der Waals surface area contributed by atoms with Crippen LogP contribution in [-0.2, 0) is 9.84 Å². The van der Waals surface area contributed by atoms with Gasteiger partial charge in [0.2, 0.25) is 0 Å². The molecule has 0 saturated carbocycles. The fourth-order valence-electron chi connectivity index (χ4n) is 1.24. The molecule has 0 radical (unpaired) electrons. The van der Waals surface area contributed by atoms with Gasteiger partial charge in [-0.3, -0.25) is 0 Å². The molecule has 1 rings (SSSR count). The lowest BCUT2D eigenvalue weighted by Crippen LogP contribution is -2.13. The zero-order chi connectivity index (χ0) is 12.3. The largest absolute Gasteiger partial charge is 0.392 e. The van der Waals surface area contributed by atoms with E-state index in [1.807, 2.05) is 0 Å². The van der Waals surface area contributed by atoms with Crippen LogP contribution < -0.4 is 0 Å². The lowest BCUT2D eigenvalue weighted by Gasteiger charge is -2.08. The zero-order valence-corrected chi connectivity index (χ0v) is 10.3. The first-order chi connectivity index (χ1) is 7.39. The molecular weight excluding hydrogens is 224 g/mol. The summed E-state index contributed by atoms with van der Waals surface area (Å²) in [6.07, 6.45) is 0. The van der Waals surface area contributed by atoms with Gasteiger partial charge in [-0.25, -0.2) is 8.42 Å². The molecule has 0 heterocycles. The summed E-state index contributed by atoms with van der Waals surface area (Å²) in [4.78, 5) is 0.303. The van der Waals surface area contributed by atoms with Crippen LogP contribution in [0.5, 0.6) is 0 Å². The molecule has 1 N–H and O–H groups in total. The fraction of sp³-hybridized carbons (Fsp3) is 0.333. The average molecular weight is 240 g/mol. The summed E-state index contributed by atoms with van der Waals surface area (Å²) < 4.78 is 23.6. The van der Waals surface area contributed by atoms with Crippen molar-refractivity contribution < 1.29 is 13.5 Å². The molecule has 0 fully saturated rings. The van der Waals surface area contributed by atoms with Crippen molar-refractivity contribution in [3.63, 3.8) is 0 Å². The molecule has 0 aromatic heterocycles. The molecule has 0 bridgehead atoms. The van der Waals surface area contributed by atoms with E-state index in [0.29, 0.717) is 10.5 Å². The molecule has 1 aromatic rings. The molecule has 1 aromatic carbocycles. The number of hydrogen-bond acceptors (Lipinski definition) is 3. The van der Waals surface area contributed by atoms with Crippen LogP contribution >= 0.6 is 0 Å². The Bertz CT molecular complexity index is 469. The molecule has 4 heteroatoms. The average Bonchev–Trinajstić information content (AvgIpc) is 2.28. The number of hydrogen-bond donors (Lipinski definition) is 1. The first-order valence-electron chi connectivity index (χ1n) is 5.02. The van der Waals surface area contributed by atoms with Gasteiger partial charge in [-0.1, -0.05) is 18.7 Å². The van der Waals surface area contributed by atoms with E-state index in [4.69, 9.17) is 5.11 Å². The second-order valence-electron chi connectivity index (χ2n) is 3.88. The standard InChI is InChI=1S/C12H16O3S/c1-9(2)16(14,15)12-6-4-11(5-7-12)10(3)8-13/h4-7,9,13H,3,8H2,1-2H3. The Balaban J connectivity index is 3.10. The van der Waals surface area contributed by atoms with Gasteiger partial charge in [0, 0.05) is 0 Å². The lowest BCUT2D eigenvalue weighted by atomic mass is 10.1. The van der Waals surface area contributed by atoms with Gasteiger partial charge in [0.05, 0.1) is 16.8 Å². The minimum absolute atomic E-state index is 0.129. The normalized spacial score (nSPS) is 11.8. The Morgan fingerprint density at radius 3 is 2.19 bits per heavy atom. The van der Waals surface area contributed by atoms with Crippen LogP contribution in [0.15, 0.2) is 35.7 Å². The first-order valence-corrected chi connectivity index (χ1v) is 6.57. The van der Waals surface area contributed by atoms with E-state index >= 15 is 0 Å². The van der Waals surface area contributed by atoms with E-state index in [-0.39, 0.29) is 6.61 Å². The number of rotatable bonds is 4. The SMILES string of the molecule is C=C(CO)c1ccc(S(=O)(=O)C(C)C)cc1. The quantitative estimate of drug-likeness (QED) is 0.874. The monoisotopic (exact) mass is 240 g/mol. The Hall–Kier alpha value is -1.13. The van der Waals surface area contributed by atoms with E-state index in [2.05, 4.69) is 6.58 Å². The van der Waals surface area contributed by atoms with Crippen LogP contribution in [-0.4, -0.2) is 25.4 Å². The molecule has 88 valence electrons. The van der Waals surface area contributed by atoms with E-state index in [0.717, 1.165) is 5.56 Å². The summed E-state index contributed by atoms with van der Waals surface area (Å²) in [5, 5.41) is 8.46. The van der Waals surface area contributed by atoms with Crippen molar-refractivity contribution in [1.29, 1.82) is 0 Å². The highest BCUT2D eigenvalue weighted by atomic mass is 32.2. The fourth-order valence-corrected chi connectivity index (χ4v) is 2.30. The van der Waals surface area contributed by atoms with Gasteiger partial charge in [0.15, 0.2) is 9.84 Å². The van der Waals surface area contributed by atoms with Gasteiger partial charge >= 0.3 is 0 Å². The molecule has 0 atom stereocenters. The van der Waals surface area contributed by atoms with Crippen molar-refractivity contribution in [3.8, 4) is 0 Å². The highest BCUT2D eigenvalue weighted by molar-refractivity contribution is 7.92. The predicted octanol–water partition coefficient (Wildman–Crippen LogP) is 1.87. The third kappa shape index (κ3) is 2.51. The maximum absolute atomic E-state index is 11.8. The number of aliphatic hydroxyl groups excluding tert-OH is 1. The summed E-state index contributed by atoms with van der Waals surface area (Å²) in [6.45, 7) is 6.84. The van der Waals surface area contributed by atoms with Crippen molar-refractivity contribution in [3.05, 3.63) is 36.4 Å².